The molecule has 0 fully saturated rings. The van der Waals surface area contributed by atoms with Crippen LogP contribution in [-0.4, -0.2) is 31.1 Å². The van der Waals surface area contributed by atoms with Crippen LogP contribution in [0.3, 0.4) is 0 Å². The molecule has 0 bridgehead atoms. The van der Waals surface area contributed by atoms with Crippen molar-refractivity contribution in [2.75, 3.05) is 13.7 Å². The molecule has 0 atom stereocenters. The molecule has 0 unspecified atom stereocenters. The molecule has 0 aliphatic carbocycles. The predicted octanol–water partition coefficient (Wildman–Crippen LogP) is 4.45. The maximum Gasteiger partial charge on any atom is 0.387 e. The first kappa shape index (κ1) is 19.7. The summed E-state index contributed by atoms with van der Waals surface area (Å²) in [6.07, 6.45) is 0. The van der Waals surface area contributed by atoms with Crippen molar-refractivity contribution < 1.29 is 23.0 Å². The van der Waals surface area contributed by atoms with E-state index >= 15 is 0 Å². The smallest absolute Gasteiger partial charge is 0.387 e. The molecule has 2 aromatic carbocycles. The summed E-state index contributed by atoms with van der Waals surface area (Å²) in [5.41, 5.74) is 2.02. The van der Waals surface area contributed by atoms with Crippen molar-refractivity contribution in [1.82, 2.24) is 4.90 Å². The SMILES string of the molecule is CC(C)c1ccc(OCC(=O)N(C)Cc2ccc(OC(F)F)cc2)cc1. The van der Waals surface area contributed by atoms with Crippen LogP contribution in [0.25, 0.3) is 0 Å². The van der Waals surface area contributed by atoms with Crippen LogP contribution < -0.4 is 9.47 Å². The molecule has 0 N–H and O–H groups in total. The molecule has 4 nitrogen and oxygen atoms in total. The van der Waals surface area contributed by atoms with Gasteiger partial charge in [-0.2, -0.15) is 8.78 Å². The maximum absolute atomic E-state index is 12.2. The number of alkyl halides is 2. The van der Waals surface area contributed by atoms with Crippen molar-refractivity contribution >= 4 is 5.91 Å². The van der Waals surface area contributed by atoms with Gasteiger partial charge in [0.05, 0.1) is 0 Å². The third kappa shape index (κ3) is 6.02. The Balaban J connectivity index is 1.83. The van der Waals surface area contributed by atoms with Crippen molar-refractivity contribution in [2.24, 2.45) is 0 Å². The fraction of sp³-hybridized carbons (Fsp3) is 0.350. The van der Waals surface area contributed by atoms with Crippen LogP contribution in [0.4, 0.5) is 8.78 Å². The summed E-state index contributed by atoms with van der Waals surface area (Å²) < 4.78 is 34.1. The standard InChI is InChI=1S/C20H23F2NO3/c1-14(2)16-6-10-17(11-7-16)25-13-19(24)23(3)12-15-4-8-18(9-5-15)26-20(21)22/h4-11,14,20H,12-13H2,1-3H3. The van der Waals surface area contributed by atoms with E-state index in [4.69, 9.17) is 4.74 Å². The fourth-order valence-corrected chi connectivity index (χ4v) is 2.34. The molecule has 0 aromatic heterocycles. The third-order valence-electron chi connectivity index (χ3n) is 3.90. The van der Waals surface area contributed by atoms with Crippen molar-refractivity contribution in [2.45, 2.75) is 32.9 Å². The van der Waals surface area contributed by atoms with E-state index in [1.54, 1.807) is 19.2 Å². The second-order valence-electron chi connectivity index (χ2n) is 6.28. The Bertz CT molecular complexity index is 700. The van der Waals surface area contributed by atoms with Gasteiger partial charge in [0.1, 0.15) is 11.5 Å². The molecule has 1 amide bonds. The minimum absolute atomic E-state index is 0.0654. The van der Waals surface area contributed by atoms with Crippen LogP contribution >= 0.6 is 0 Å². The average molecular weight is 363 g/mol. The molecule has 0 aliphatic rings. The van der Waals surface area contributed by atoms with Gasteiger partial charge in [-0.25, -0.2) is 0 Å². The molecule has 2 rings (SSSR count). The number of halogens is 2. The molecule has 6 heteroatoms. The number of hydrogen-bond acceptors (Lipinski definition) is 3. The quantitative estimate of drug-likeness (QED) is 0.696. The summed E-state index contributed by atoms with van der Waals surface area (Å²) in [6, 6.07) is 13.9. The zero-order chi connectivity index (χ0) is 19.1. The van der Waals surface area contributed by atoms with Gasteiger partial charge in [-0.3, -0.25) is 4.79 Å². The van der Waals surface area contributed by atoms with Crippen LogP contribution in [0.15, 0.2) is 48.5 Å². The summed E-state index contributed by atoms with van der Waals surface area (Å²) in [5.74, 6) is 0.996. The summed E-state index contributed by atoms with van der Waals surface area (Å²) >= 11 is 0. The highest BCUT2D eigenvalue weighted by Gasteiger charge is 2.11. The van der Waals surface area contributed by atoms with E-state index in [1.165, 1.54) is 22.6 Å². The van der Waals surface area contributed by atoms with Crippen molar-refractivity contribution in [3.8, 4) is 11.5 Å². The van der Waals surface area contributed by atoms with Crippen molar-refractivity contribution in [3.05, 3.63) is 59.7 Å². The lowest BCUT2D eigenvalue weighted by atomic mass is 10.0. The van der Waals surface area contributed by atoms with Gasteiger partial charge in [0.15, 0.2) is 6.61 Å². The first-order valence-electron chi connectivity index (χ1n) is 8.35. The largest absolute Gasteiger partial charge is 0.484 e. The van der Waals surface area contributed by atoms with E-state index in [1.807, 2.05) is 24.3 Å². The molecule has 0 saturated carbocycles. The van der Waals surface area contributed by atoms with E-state index in [0.717, 1.165) is 5.56 Å². The van der Waals surface area contributed by atoms with Crippen LogP contribution in [0, 0.1) is 0 Å². The summed E-state index contributed by atoms with van der Waals surface area (Å²) in [5, 5.41) is 0. The predicted molar refractivity (Wildman–Crippen MR) is 95.6 cm³/mol. The summed E-state index contributed by atoms with van der Waals surface area (Å²) in [4.78, 5) is 13.7. The fourth-order valence-electron chi connectivity index (χ4n) is 2.34. The number of likely N-dealkylation sites (N-methyl/N-ethyl adjacent to an activating group) is 1. The number of rotatable bonds is 8. The normalized spacial score (nSPS) is 10.9. The van der Waals surface area contributed by atoms with Gasteiger partial charge < -0.3 is 14.4 Å². The molecule has 140 valence electrons. The van der Waals surface area contributed by atoms with Crippen molar-refractivity contribution in [3.63, 3.8) is 0 Å². The Morgan fingerprint density at radius 1 is 1.00 bits per heavy atom. The lowest BCUT2D eigenvalue weighted by Gasteiger charge is -2.18. The van der Waals surface area contributed by atoms with E-state index < -0.39 is 6.61 Å². The zero-order valence-corrected chi connectivity index (χ0v) is 15.1. The third-order valence-corrected chi connectivity index (χ3v) is 3.90. The number of carbonyl (C=O) groups is 1. The first-order chi connectivity index (χ1) is 12.3. The number of hydrogen-bond donors (Lipinski definition) is 0. The number of nitrogens with zero attached hydrogens (tertiary/aromatic N) is 1. The van der Waals surface area contributed by atoms with Crippen LogP contribution in [0.2, 0.25) is 0 Å². The number of carbonyl (C=O) groups excluding carboxylic acids is 1. The first-order valence-corrected chi connectivity index (χ1v) is 8.35. The highest BCUT2D eigenvalue weighted by Crippen LogP contribution is 2.19. The zero-order valence-electron chi connectivity index (χ0n) is 15.1. The Kier molecular flexibility index (Phi) is 6.95. The Labute approximate surface area is 152 Å². The lowest BCUT2D eigenvalue weighted by Crippen LogP contribution is -2.30. The Morgan fingerprint density at radius 2 is 1.58 bits per heavy atom. The molecule has 0 aliphatic heterocycles. The van der Waals surface area contributed by atoms with Gasteiger partial charge in [-0.05, 0) is 41.3 Å². The molecule has 0 heterocycles. The molecule has 0 saturated heterocycles. The highest BCUT2D eigenvalue weighted by atomic mass is 19.3. The van der Waals surface area contributed by atoms with E-state index in [9.17, 15) is 13.6 Å². The van der Waals surface area contributed by atoms with Gasteiger partial charge in [-0.1, -0.05) is 38.1 Å². The Morgan fingerprint density at radius 3 is 2.12 bits per heavy atom. The molecule has 2 aromatic rings. The highest BCUT2D eigenvalue weighted by molar-refractivity contribution is 5.77. The number of benzene rings is 2. The van der Waals surface area contributed by atoms with Crippen molar-refractivity contribution in [1.29, 1.82) is 0 Å². The van der Waals surface area contributed by atoms with E-state index in [0.29, 0.717) is 18.2 Å². The monoisotopic (exact) mass is 363 g/mol. The minimum atomic E-state index is -2.85. The van der Waals surface area contributed by atoms with Crippen LogP contribution in [-0.2, 0) is 11.3 Å². The Hall–Kier alpha value is -2.63. The molecule has 0 radical (unpaired) electrons. The van der Waals surface area contributed by atoms with Crippen LogP contribution in [0.1, 0.15) is 30.9 Å². The second kappa shape index (κ2) is 9.17. The van der Waals surface area contributed by atoms with Gasteiger partial charge in [-0.15, -0.1) is 0 Å². The number of ether oxygens (including phenoxy) is 2. The van der Waals surface area contributed by atoms with Gasteiger partial charge in [0, 0.05) is 13.6 Å². The van der Waals surface area contributed by atoms with E-state index in [-0.39, 0.29) is 18.3 Å². The average Bonchev–Trinajstić information content (AvgIpc) is 2.61. The molecular weight excluding hydrogens is 340 g/mol. The second-order valence-corrected chi connectivity index (χ2v) is 6.28. The van der Waals surface area contributed by atoms with Crippen LogP contribution in [0.5, 0.6) is 11.5 Å². The molecule has 26 heavy (non-hydrogen) atoms. The molecular formula is C20H23F2NO3. The topological polar surface area (TPSA) is 38.8 Å². The lowest BCUT2D eigenvalue weighted by molar-refractivity contribution is -0.132. The van der Waals surface area contributed by atoms with Gasteiger partial charge in [0.25, 0.3) is 5.91 Å². The van der Waals surface area contributed by atoms with Gasteiger partial charge >= 0.3 is 6.61 Å². The van der Waals surface area contributed by atoms with E-state index in [2.05, 4.69) is 18.6 Å². The maximum atomic E-state index is 12.2. The number of amides is 1. The summed E-state index contributed by atoms with van der Waals surface area (Å²) in [7, 11) is 1.66. The summed E-state index contributed by atoms with van der Waals surface area (Å²) in [6.45, 7) is 1.66. The molecule has 0 spiro atoms. The van der Waals surface area contributed by atoms with Gasteiger partial charge in [0.2, 0.25) is 0 Å². The minimum Gasteiger partial charge on any atom is -0.484 e.